The first-order chi connectivity index (χ1) is 10.2. The average molecular weight is 291 g/mol. The van der Waals surface area contributed by atoms with Crippen LogP contribution in [0.5, 0.6) is 0 Å². The number of carbonyl (C=O) groups excluding carboxylic acids is 1. The number of ether oxygens (including phenoxy) is 1. The molecule has 2 unspecified atom stereocenters. The number of aromatic nitrogens is 1. The van der Waals surface area contributed by atoms with E-state index in [0.29, 0.717) is 17.9 Å². The summed E-state index contributed by atoms with van der Waals surface area (Å²) in [6.45, 7) is 9.92. The summed E-state index contributed by atoms with van der Waals surface area (Å²) in [6.07, 6.45) is 3.65. The second-order valence-electron chi connectivity index (χ2n) is 6.37. The lowest BCUT2D eigenvalue weighted by Gasteiger charge is -2.47. The molecule has 116 valence electrons. The lowest BCUT2D eigenvalue weighted by atomic mass is 9.84. The molecule has 2 saturated heterocycles. The number of nitrogens with zero attached hydrogens (tertiary/aromatic N) is 3. The van der Waals surface area contributed by atoms with Gasteiger partial charge in [0.1, 0.15) is 0 Å². The molecule has 0 radical (unpaired) electrons. The molecule has 0 aliphatic carbocycles. The lowest BCUT2D eigenvalue weighted by Crippen LogP contribution is -2.58. The van der Waals surface area contributed by atoms with E-state index in [2.05, 4.69) is 18.7 Å². The Bertz CT molecular complexity index is 456. The number of hydrogen-bond donors (Lipinski definition) is 0. The minimum absolute atomic E-state index is 0.0964. The molecule has 0 bridgehead atoms. The number of amides is 1. The summed E-state index contributed by atoms with van der Waals surface area (Å²) in [7, 11) is 0. The van der Waals surface area contributed by atoms with Crippen LogP contribution in [0, 0.1) is 11.8 Å². The average Bonchev–Trinajstić information content (AvgIpc) is 3.01. The standard InChI is InChI=1S/C16H25N3O2/c1-13-11-19(16(20)18-5-3-4-6-18)12-14(2)15(13)17-7-9-21-10-8-17/h3-6,13-15H,7-12H2,1-2H3. The van der Waals surface area contributed by atoms with Crippen LogP contribution in [0.3, 0.4) is 0 Å². The summed E-state index contributed by atoms with van der Waals surface area (Å²) < 4.78 is 7.13. The molecule has 2 aliphatic heterocycles. The van der Waals surface area contributed by atoms with Crippen LogP contribution in [0.2, 0.25) is 0 Å². The molecule has 0 saturated carbocycles. The van der Waals surface area contributed by atoms with Crippen molar-refractivity contribution >= 4 is 6.03 Å². The van der Waals surface area contributed by atoms with E-state index in [4.69, 9.17) is 4.74 Å². The maximum atomic E-state index is 12.5. The third-order valence-electron chi connectivity index (χ3n) is 4.75. The van der Waals surface area contributed by atoms with Gasteiger partial charge in [0.15, 0.2) is 0 Å². The predicted octanol–water partition coefficient (Wildman–Crippen LogP) is 1.74. The van der Waals surface area contributed by atoms with E-state index in [1.54, 1.807) is 4.57 Å². The zero-order valence-corrected chi connectivity index (χ0v) is 12.9. The molecule has 2 aliphatic rings. The lowest BCUT2D eigenvalue weighted by molar-refractivity contribution is -0.0304. The van der Waals surface area contributed by atoms with Crippen molar-refractivity contribution in [1.82, 2.24) is 14.4 Å². The van der Waals surface area contributed by atoms with Crippen molar-refractivity contribution in [3.05, 3.63) is 24.5 Å². The highest BCUT2D eigenvalue weighted by Crippen LogP contribution is 2.28. The Hall–Kier alpha value is -1.33. The fraction of sp³-hybridized carbons (Fsp3) is 0.688. The summed E-state index contributed by atoms with van der Waals surface area (Å²) in [5.41, 5.74) is 0. The van der Waals surface area contributed by atoms with Gasteiger partial charge in [-0.1, -0.05) is 13.8 Å². The summed E-state index contributed by atoms with van der Waals surface area (Å²) in [5, 5.41) is 0. The van der Waals surface area contributed by atoms with Gasteiger partial charge in [-0.2, -0.15) is 0 Å². The zero-order valence-electron chi connectivity index (χ0n) is 12.9. The van der Waals surface area contributed by atoms with E-state index >= 15 is 0 Å². The van der Waals surface area contributed by atoms with Crippen molar-refractivity contribution in [2.75, 3.05) is 39.4 Å². The first-order valence-electron chi connectivity index (χ1n) is 7.91. The number of rotatable bonds is 1. The highest BCUT2D eigenvalue weighted by Gasteiger charge is 2.38. The van der Waals surface area contributed by atoms with Crippen LogP contribution in [-0.4, -0.2) is 65.8 Å². The van der Waals surface area contributed by atoms with Crippen molar-refractivity contribution in [3.63, 3.8) is 0 Å². The van der Waals surface area contributed by atoms with Gasteiger partial charge in [-0.3, -0.25) is 9.47 Å². The number of carbonyl (C=O) groups is 1. The van der Waals surface area contributed by atoms with Crippen molar-refractivity contribution in [3.8, 4) is 0 Å². The monoisotopic (exact) mass is 291 g/mol. The molecule has 3 rings (SSSR count). The third-order valence-corrected chi connectivity index (χ3v) is 4.75. The molecule has 21 heavy (non-hydrogen) atoms. The molecule has 1 aromatic rings. The molecule has 2 atom stereocenters. The molecule has 1 amide bonds. The second kappa shape index (κ2) is 6.20. The van der Waals surface area contributed by atoms with Crippen molar-refractivity contribution < 1.29 is 9.53 Å². The van der Waals surface area contributed by atoms with Gasteiger partial charge >= 0.3 is 6.03 Å². The van der Waals surface area contributed by atoms with E-state index in [1.807, 2.05) is 29.4 Å². The summed E-state index contributed by atoms with van der Waals surface area (Å²) in [5.74, 6) is 0.984. The van der Waals surface area contributed by atoms with Crippen LogP contribution in [0.25, 0.3) is 0 Å². The van der Waals surface area contributed by atoms with E-state index < -0.39 is 0 Å². The van der Waals surface area contributed by atoms with Crippen LogP contribution < -0.4 is 0 Å². The highest BCUT2D eigenvalue weighted by atomic mass is 16.5. The summed E-state index contributed by atoms with van der Waals surface area (Å²) >= 11 is 0. The first kappa shape index (κ1) is 14.6. The van der Waals surface area contributed by atoms with Crippen molar-refractivity contribution in [2.24, 2.45) is 11.8 Å². The molecular formula is C16H25N3O2. The smallest absolute Gasteiger partial charge is 0.328 e. The van der Waals surface area contributed by atoms with Crippen LogP contribution in [0.1, 0.15) is 13.8 Å². The number of piperidine rings is 1. The molecule has 5 heteroatoms. The topological polar surface area (TPSA) is 37.7 Å². The predicted molar refractivity (Wildman–Crippen MR) is 81.3 cm³/mol. The van der Waals surface area contributed by atoms with Crippen molar-refractivity contribution in [2.45, 2.75) is 19.9 Å². The molecule has 3 heterocycles. The quantitative estimate of drug-likeness (QED) is 0.791. The van der Waals surface area contributed by atoms with Gasteiger partial charge < -0.3 is 9.64 Å². The molecule has 2 fully saturated rings. The van der Waals surface area contributed by atoms with E-state index in [1.165, 1.54) is 0 Å². The second-order valence-corrected chi connectivity index (χ2v) is 6.37. The highest BCUT2D eigenvalue weighted by molar-refractivity contribution is 5.77. The molecule has 0 N–H and O–H groups in total. The van der Waals surface area contributed by atoms with Gasteiger partial charge in [0.2, 0.25) is 0 Å². The first-order valence-corrected chi connectivity index (χ1v) is 7.91. The van der Waals surface area contributed by atoms with Gasteiger partial charge in [0, 0.05) is 44.6 Å². The summed E-state index contributed by atoms with van der Waals surface area (Å²) in [6, 6.07) is 4.44. The van der Waals surface area contributed by atoms with Crippen LogP contribution in [0.4, 0.5) is 4.79 Å². The van der Waals surface area contributed by atoms with Crippen molar-refractivity contribution in [1.29, 1.82) is 0 Å². The Morgan fingerprint density at radius 2 is 1.62 bits per heavy atom. The Morgan fingerprint density at radius 3 is 2.19 bits per heavy atom. The van der Waals surface area contributed by atoms with E-state index in [-0.39, 0.29) is 6.03 Å². The molecule has 0 spiro atoms. The van der Waals surface area contributed by atoms with Gasteiger partial charge in [-0.05, 0) is 24.0 Å². The van der Waals surface area contributed by atoms with Gasteiger partial charge in [0.25, 0.3) is 0 Å². The van der Waals surface area contributed by atoms with Crippen LogP contribution >= 0.6 is 0 Å². The fourth-order valence-corrected chi connectivity index (χ4v) is 3.92. The molecule has 5 nitrogen and oxygen atoms in total. The Kier molecular flexibility index (Phi) is 4.31. The maximum Gasteiger partial charge on any atom is 0.328 e. The van der Waals surface area contributed by atoms with Gasteiger partial charge in [0.05, 0.1) is 13.2 Å². The largest absolute Gasteiger partial charge is 0.379 e. The Balaban J connectivity index is 1.67. The Labute approximate surface area is 126 Å². The maximum absolute atomic E-state index is 12.5. The fourth-order valence-electron chi connectivity index (χ4n) is 3.92. The SMILES string of the molecule is CC1CN(C(=O)n2cccc2)CC(C)C1N1CCOCC1. The van der Waals surface area contributed by atoms with Gasteiger partial charge in [-0.25, -0.2) is 4.79 Å². The number of hydrogen-bond acceptors (Lipinski definition) is 3. The van der Waals surface area contributed by atoms with Crippen LogP contribution in [0.15, 0.2) is 24.5 Å². The minimum Gasteiger partial charge on any atom is -0.379 e. The van der Waals surface area contributed by atoms with E-state index in [9.17, 15) is 4.79 Å². The van der Waals surface area contributed by atoms with Gasteiger partial charge in [-0.15, -0.1) is 0 Å². The molecule has 0 aromatic carbocycles. The van der Waals surface area contributed by atoms with Crippen LogP contribution in [-0.2, 0) is 4.74 Å². The molecular weight excluding hydrogens is 266 g/mol. The third kappa shape index (κ3) is 2.99. The van der Waals surface area contributed by atoms with E-state index in [0.717, 1.165) is 39.4 Å². The minimum atomic E-state index is 0.0964. The normalized spacial score (nSPS) is 31.3. The molecule has 1 aromatic heterocycles. The zero-order chi connectivity index (χ0) is 14.8. The Morgan fingerprint density at radius 1 is 1.05 bits per heavy atom. The summed E-state index contributed by atoms with van der Waals surface area (Å²) in [4.78, 5) is 17.0. The number of morpholine rings is 1. The number of likely N-dealkylation sites (tertiary alicyclic amines) is 1.